The molecule has 1 aliphatic rings. The Bertz CT molecular complexity index is 888. The van der Waals surface area contributed by atoms with Crippen LogP contribution in [0.5, 0.6) is 5.75 Å². The summed E-state index contributed by atoms with van der Waals surface area (Å²) in [4.78, 5) is 7.11. The molecule has 1 saturated heterocycles. The van der Waals surface area contributed by atoms with E-state index in [0.717, 1.165) is 54.1 Å². The number of anilines is 1. The molecule has 1 aromatic heterocycles. The number of aromatic hydroxyl groups is 1. The summed E-state index contributed by atoms with van der Waals surface area (Å²) in [5, 5.41) is 11.4. The van der Waals surface area contributed by atoms with E-state index in [-0.39, 0.29) is 5.75 Å². The molecule has 2 heterocycles. The quantitative estimate of drug-likeness (QED) is 0.716. The SMILES string of the molecule is Oc1ccc2nc(N3CCC(Cc4ccccc4Cl)CC3)ccc2c1. The predicted molar refractivity (Wildman–Crippen MR) is 104 cm³/mol. The van der Waals surface area contributed by atoms with E-state index in [1.165, 1.54) is 5.56 Å². The summed E-state index contributed by atoms with van der Waals surface area (Å²) in [5.41, 5.74) is 2.18. The minimum Gasteiger partial charge on any atom is -0.508 e. The fraction of sp³-hybridized carbons (Fsp3) is 0.286. The van der Waals surface area contributed by atoms with Crippen LogP contribution < -0.4 is 4.90 Å². The molecule has 4 rings (SSSR count). The average molecular weight is 353 g/mol. The second-order valence-corrected chi connectivity index (χ2v) is 7.18. The molecule has 0 unspecified atom stereocenters. The number of pyridine rings is 1. The number of aromatic nitrogens is 1. The third-order valence-corrected chi connectivity index (χ3v) is 5.43. The van der Waals surface area contributed by atoms with E-state index in [4.69, 9.17) is 16.6 Å². The summed E-state index contributed by atoms with van der Waals surface area (Å²) >= 11 is 6.30. The van der Waals surface area contributed by atoms with E-state index in [1.807, 2.05) is 24.3 Å². The van der Waals surface area contributed by atoms with Gasteiger partial charge in [-0.05, 0) is 67.1 Å². The standard InChI is InChI=1S/C21H21ClN2O/c22-19-4-2-1-3-16(19)13-15-9-11-24(12-10-15)21-8-5-17-14-18(25)6-7-20(17)23-21/h1-8,14-15,25H,9-13H2. The van der Waals surface area contributed by atoms with Crippen molar-refractivity contribution in [1.29, 1.82) is 0 Å². The van der Waals surface area contributed by atoms with Gasteiger partial charge in [-0.3, -0.25) is 0 Å². The zero-order valence-corrected chi connectivity index (χ0v) is 14.8. The largest absolute Gasteiger partial charge is 0.508 e. The first kappa shape index (κ1) is 16.2. The number of nitrogens with zero attached hydrogens (tertiary/aromatic N) is 2. The minimum absolute atomic E-state index is 0.280. The Morgan fingerprint density at radius 3 is 2.64 bits per heavy atom. The van der Waals surface area contributed by atoms with Gasteiger partial charge in [0.1, 0.15) is 11.6 Å². The van der Waals surface area contributed by atoms with Crippen LogP contribution in [0.2, 0.25) is 5.02 Å². The highest BCUT2D eigenvalue weighted by molar-refractivity contribution is 6.31. The first-order valence-corrected chi connectivity index (χ1v) is 9.15. The molecule has 3 aromatic rings. The van der Waals surface area contributed by atoms with Crippen molar-refractivity contribution in [1.82, 2.24) is 4.98 Å². The molecular formula is C21H21ClN2O. The number of rotatable bonds is 3. The number of benzene rings is 2. The van der Waals surface area contributed by atoms with Gasteiger partial charge in [-0.25, -0.2) is 4.98 Å². The number of fused-ring (bicyclic) bond motifs is 1. The smallest absolute Gasteiger partial charge is 0.129 e. The van der Waals surface area contributed by atoms with Crippen molar-refractivity contribution in [2.24, 2.45) is 5.92 Å². The van der Waals surface area contributed by atoms with Gasteiger partial charge in [0.05, 0.1) is 5.52 Å². The van der Waals surface area contributed by atoms with Crippen molar-refractivity contribution in [2.45, 2.75) is 19.3 Å². The maximum absolute atomic E-state index is 9.57. The van der Waals surface area contributed by atoms with Crippen LogP contribution in [-0.4, -0.2) is 23.2 Å². The number of hydrogen-bond acceptors (Lipinski definition) is 3. The summed E-state index contributed by atoms with van der Waals surface area (Å²) in [6.45, 7) is 2.04. The van der Waals surface area contributed by atoms with Crippen molar-refractivity contribution < 1.29 is 5.11 Å². The zero-order valence-electron chi connectivity index (χ0n) is 14.0. The Balaban J connectivity index is 1.43. The lowest BCUT2D eigenvalue weighted by Gasteiger charge is -2.33. The Morgan fingerprint density at radius 1 is 1.04 bits per heavy atom. The van der Waals surface area contributed by atoms with Crippen LogP contribution in [0.3, 0.4) is 0 Å². The summed E-state index contributed by atoms with van der Waals surface area (Å²) in [7, 11) is 0. The van der Waals surface area contributed by atoms with E-state index in [9.17, 15) is 5.11 Å². The molecule has 3 nitrogen and oxygen atoms in total. The lowest BCUT2D eigenvalue weighted by atomic mass is 9.90. The molecule has 25 heavy (non-hydrogen) atoms. The van der Waals surface area contributed by atoms with Crippen LogP contribution >= 0.6 is 11.6 Å². The van der Waals surface area contributed by atoms with E-state index in [1.54, 1.807) is 12.1 Å². The van der Waals surface area contributed by atoms with E-state index in [2.05, 4.69) is 23.1 Å². The van der Waals surface area contributed by atoms with Gasteiger partial charge in [-0.15, -0.1) is 0 Å². The van der Waals surface area contributed by atoms with Crippen molar-refractivity contribution in [2.75, 3.05) is 18.0 Å². The van der Waals surface area contributed by atoms with Gasteiger partial charge in [0.2, 0.25) is 0 Å². The van der Waals surface area contributed by atoms with Gasteiger partial charge < -0.3 is 10.0 Å². The molecule has 1 N–H and O–H groups in total. The monoisotopic (exact) mass is 352 g/mol. The first-order chi connectivity index (χ1) is 12.2. The van der Waals surface area contributed by atoms with Gasteiger partial charge >= 0.3 is 0 Å². The number of piperidine rings is 1. The normalized spacial score (nSPS) is 15.6. The van der Waals surface area contributed by atoms with Crippen LogP contribution in [0.1, 0.15) is 18.4 Å². The summed E-state index contributed by atoms with van der Waals surface area (Å²) in [6, 6.07) is 17.6. The van der Waals surface area contributed by atoms with Crippen molar-refractivity contribution in [3.63, 3.8) is 0 Å². The molecule has 0 atom stereocenters. The Kier molecular flexibility index (Phi) is 4.50. The fourth-order valence-corrected chi connectivity index (χ4v) is 3.83. The van der Waals surface area contributed by atoms with Crippen LogP contribution in [0, 0.1) is 5.92 Å². The van der Waals surface area contributed by atoms with Gasteiger partial charge in [-0.1, -0.05) is 29.8 Å². The Hall–Kier alpha value is -2.26. The predicted octanol–water partition coefficient (Wildman–Crippen LogP) is 5.05. The summed E-state index contributed by atoms with van der Waals surface area (Å²) < 4.78 is 0. The minimum atomic E-state index is 0.280. The molecule has 128 valence electrons. The second-order valence-electron chi connectivity index (χ2n) is 6.77. The van der Waals surface area contributed by atoms with E-state index < -0.39 is 0 Å². The van der Waals surface area contributed by atoms with Crippen molar-refractivity contribution >= 4 is 28.3 Å². The summed E-state index contributed by atoms with van der Waals surface area (Å²) in [6.07, 6.45) is 3.36. The highest BCUT2D eigenvalue weighted by atomic mass is 35.5. The van der Waals surface area contributed by atoms with Gasteiger partial charge in [0.25, 0.3) is 0 Å². The van der Waals surface area contributed by atoms with E-state index >= 15 is 0 Å². The maximum Gasteiger partial charge on any atom is 0.129 e. The van der Waals surface area contributed by atoms with Gasteiger partial charge in [0, 0.05) is 23.5 Å². The lowest BCUT2D eigenvalue weighted by molar-refractivity contribution is 0.402. The van der Waals surface area contributed by atoms with Gasteiger partial charge in [-0.2, -0.15) is 0 Å². The van der Waals surface area contributed by atoms with Crippen LogP contribution in [0.25, 0.3) is 10.9 Å². The molecule has 0 spiro atoms. The first-order valence-electron chi connectivity index (χ1n) is 8.77. The molecule has 0 aliphatic carbocycles. The molecule has 4 heteroatoms. The number of halogens is 1. The number of hydrogen-bond donors (Lipinski definition) is 1. The molecule has 2 aromatic carbocycles. The number of phenols is 1. The zero-order chi connectivity index (χ0) is 17.2. The molecule has 0 saturated carbocycles. The molecule has 0 amide bonds. The molecule has 0 bridgehead atoms. The maximum atomic E-state index is 9.57. The van der Waals surface area contributed by atoms with Crippen LogP contribution in [0.15, 0.2) is 54.6 Å². The third kappa shape index (κ3) is 3.57. The average Bonchev–Trinajstić information content (AvgIpc) is 2.64. The number of phenolic OH excluding ortho intramolecular Hbond substituents is 1. The van der Waals surface area contributed by atoms with E-state index in [0.29, 0.717) is 5.92 Å². The highest BCUT2D eigenvalue weighted by Gasteiger charge is 2.21. The fourth-order valence-electron chi connectivity index (χ4n) is 3.62. The topological polar surface area (TPSA) is 36.4 Å². The van der Waals surface area contributed by atoms with Gasteiger partial charge in [0.15, 0.2) is 0 Å². The molecule has 0 radical (unpaired) electrons. The Labute approximate surface area is 152 Å². The molecular weight excluding hydrogens is 332 g/mol. The summed E-state index contributed by atoms with van der Waals surface area (Å²) in [5.74, 6) is 1.98. The van der Waals surface area contributed by atoms with Crippen molar-refractivity contribution in [3.05, 3.63) is 65.2 Å². The van der Waals surface area contributed by atoms with Crippen LogP contribution in [0.4, 0.5) is 5.82 Å². The second kappa shape index (κ2) is 6.93. The highest BCUT2D eigenvalue weighted by Crippen LogP contribution is 2.28. The Morgan fingerprint density at radius 2 is 1.84 bits per heavy atom. The molecule has 1 aliphatic heterocycles. The van der Waals surface area contributed by atoms with Crippen LogP contribution in [-0.2, 0) is 6.42 Å². The molecule has 1 fully saturated rings. The third-order valence-electron chi connectivity index (χ3n) is 5.06. The lowest BCUT2D eigenvalue weighted by Crippen LogP contribution is -2.34. The van der Waals surface area contributed by atoms with Crippen molar-refractivity contribution in [3.8, 4) is 5.75 Å².